The molecule has 1 unspecified atom stereocenters. The van der Waals surface area contributed by atoms with Crippen LogP contribution in [0.2, 0.25) is 0 Å². The second-order valence-corrected chi connectivity index (χ2v) is 3.98. The summed E-state index contributed by atoms with van der Waals surface area (Å²) < 4.78 is 5.01. The molecule has 0 radical (unpaired) electrons. The van der Waals surface area contributed by atoms with E-state index >= 15 is 0 Å². The van der Waals surface area contributed by atoms with Crippen LogP contribution in [0.15, 0.2) is 0 Å². The highest BCUT2D eigenvalue weighted by atomic mass is 16.5. The Kier molecular flexibility index (Phi) is 7.34. The number of hydrogen-bond donors (Lipinski definition) is 2. The molecule has 1 amide bonds. The summed E-state index contributed by atoms with van der Waals surface area (Å²) in [5.74, 6) is 0.137. The van der Waals surface area contributed by atoms with Gasteiger partial charge in [-0.3, -0.25) is 4.79 Å². The SMILES string of the molecule is CCC(COC)NC(=O)[C@@H](N)[C@@H](C)CC. The molecule has 90 valence electrons. The number of carbonyl (C=O) groups excluding carboxylic acids is 1. The van der Waals surface area contributed by atoms with Gasteiger partial charge in [0, 0.05) is 7.11 Å². The third kappa shape index (κ3) is 5.14. The highest BCUT2D eigenvalue weighted by Crippen LogP contribution is 2.05. The van der Waals surface area contributed by atoms with E-state index in [0.717, 1.165) is 12.8 Å². The molecule has 4 heteroatoms. The predicted octanol–water partition coefficient (Wildman–Crippen LogP) is 0.901. The van der Waals surface area contributed by atoms with E-state index in [1.165, 1.54) is 0 Å². The first kappa shape index (κ1) is 14.4. The zero-order valence-electron chi connectivity index (χ0n) is 10.2. The summed E-state index contributed by atoms with van der Waals surface area (Å²) >= 11 is 0. The highest BCUT2D eigenvalue weighted by molar-refractivity contribution is 5.82. The van der Waals surface area contributed by atoms with Crippen molar-refractivity contribution in [2.24, 2.45) is 11.7 Å². The summed E-state index contributed by atoms with van der Waals surface area (Å²) in [4.78, 5) is 11.7. The van der Waals surface area contributed by atoms with Crippen LogP contribution in [-0.4, -0.2) is 31.7 Å². The van der Waals surface area contributed by atoms with Crippen LogP contribution in [0.4, 0.5) is 0 Å². The van der Waals surface area contributed by atoms with Gasteiger partial charge < -0.3 is 15.8 Å². The Hall–Kier alpha value is -0.610. The third-order valence-electron chi connectivity index (χ3n) is 2.77. The molecule has 15 heavy (non-hydrogen) atoms. The van der Waals surface area contributed by atoms with Crippen LogP contribution >= 0.6 is 0 Å². The monoisotopic (exact) mass is 216 g/mol. The maximum absolute atomic E-state index is 11.7. The fourth-order valence-corrected chi connectivity index (χ4v) is 1.27. The van der Waals surface area contributed by atoms with Crippen molar-refractivity contribution in [1.82, 2.24) is 5.32 Å². The lowest BCUT2D eigenvalue weighted by molar-refractivity contribution is -0.124. The number of amides is 1. The van der Waals surface area contributed by atoms with E-state index in [2.05, 4.69) is 5.32 Å². The van der Waals surface area contributed by atoms with Gasteiger partial charge in [-0.15, -0.1) is 0 Å². The molecule has 0 aliphatic rings. The quantitative estimate of drug-likeness (QED) is 0.664. The van der Waals surface area contributed by atoms with Crippen molar-refractivity contribution in [2.45, 2.75) is 45.7 Å². The molecule has 0 aromatic carbocycles. The summed E-state index contributed by atoms with van der Waals surface area (Å²) in [6, 6.07) is -0.349. The van der Waals surface area contributed by atoms with Gasteiger partial charge in [0.1, 0.15) is 0 Å². The number of nitrogens with two attached hydrogens (primary N) is 1. The molecule has 0 saturated carbocycles. The van der Waals surface area contributed by atoms with Gasteiger partial charge in [0.2, 0.25) is 5.91 Å². The van der Waals surface area contributed by atoms with Gasteiger partial charge in [-0.1, -0.05) is 27.2 Å². The molecule has 0 bridgehead atoms. The molecule has 3 atom stereocenters. The van der Waals surface area contributed by atoms with Crippen LogP contribution in [0, 0.1) is 5.92 Å². The summed E-state index contributed by atoms with van der Waals surface area (Å²) in [6.07, 6.45) is 1.77. The van der Waals surface area contributed by atoms with Crippen molar-refractivity contribution in [3.8, 4) is 0 Å². The Labute approximate surface area is 92.6 Å². The lowest BCUT2D eigenvalue weighted by Gasteiger charge is -2.22. The molecule has 0 aliphatic carbocycles. The summed E-state index contributed by atoms with van der Waals surface area (Å²) in [5.41, 5.74) is 5.82. The average Bonchev–Trinajstić information content (AvgIpc) is 2.26. The minimum atomic E-state index is -0.416. The molecule has 0 aromatic heterocycles. The zero-order valence-corrected chi connectivity index (χ0v) is 10.2. The maximum Gasteiger partial charge on any atom is 0.237 e. The van der Waals surface area contributed by atoms with Crippen LogP contribution in [0.1, 0.15) is 33.6 Å². The van der Waals surface area contributed by atoms with Crippen molar-refractivity contribution in [3.63, 3.8) is 0 Å². The van der Waals surface area contributed by atoms with Gasteiger partial charge in [-0.05, 0) is 12.3 Å². The fourth-order valence-electron chi connectivity index (χ4n) is 1.27. The van der Waals surface area contributed by atoms with Crippen molar-refractivity contribution < 1.29 is 9.53 Å². The lowest BCUT2D eigenvalue weighted by atomic mass is 9.99. The lowest BCUT2D eigenvalue weighted by Crippen LogP contribution is -2.49. The predicted molar refractivity (Wildman–Crippen MR) is 61.5 cm³/mol. The van der Waals surface area contributed by atoms with Gasteiger partial charge >= 0.3 is 0 Å². The molecule has 0 rings (SSSR count). The molecule has 0 aliphatic heterocycles. The fraction of sp³-hybridized carbons (Fsp3) is 0.909. The van der Waals surface area contributed by atoms with Gasteiger partial charge in [0.05, 0.1) is 18.7 Å². The van der Waals surface area contributed by atoms with E-state index < -0.39 is 6.04 Å². The first-order chi connectivity index (χ1) is 7.06. The van der Waals surface area contributed by atoms with Gasteiger partial charge in [0.25, 0.3) is 0 Å². The molecule has 0 aromatic rings. The van der Waals surface area contributed by atoms with E-state index in [1.54, 1.807) is 7.11 Å². The molecule has 3 N–H and O–H groups in total. The maximum atomic E-state index is 11.7. The summed E-state index contributed by atoms with van der Waals surface area (Å²) in [6.45, 7) is 6.57. The summed E-state index contributed by atoms with van der Waals surface area (Å²) in [7, 11) is 1.63. The van der Waals surface area contributed by atoms with Crippen molar-refractivity contribution in [1.29, 1.82) is 0 Å². The summed E-state index contributed by atoms with van der Waals surface area (Å²) in [5, 5.41) is 2.89. The number of nitrogens with one attached hydrogen (secondary N) is 1. The highest BCUT2D eigenvalue weighted by Gasteiger charge is 2.21. The standard InChI is InChI=1S/C11H24N2O2/c1-5-8(3)10(12)11(14)13-9(6-2)7-15-4/h8-10H,5-7,12H2,1-4H3,(H,13,14)/t8-,9?,10-/m0/s1. The topological polar surface area (TPSA) is 64.3 Å². The Bertz CT molecular complexity index is 185. The van der Waals surface area contributed by atoms with Crippen LogP contribution in [0.5, 0.6) is 0 Å². The first-order valence-electron chi connectivity index (χ1n) is 5.61. The molecular weight excluding hydrogens is 192 g/mol. The van der Waals surface area contributed by atoms with E-state index in [4.69, 9.17) is 10.5 Å². The second-order valence-electron chi connectivity index (χ2n) is 3.98. The Morgan fingerprint density at radius 2 is 2.00 bits per heavy atom. The van der Waals surface area contributed by atoms with Crippen molar-refractivity contribution >= 4 is 5.91 Å². The Morgan fingerprint density at radius 1 is 1.40 bits per heavy atom. The van der Waals surface area contributed by atoms with E-state index in [-0.39, 0.29) is 17.9 Å². The van der Waals surface area contributed by atoms with Crippen LogP contribution in [0.25, 0.3) is 0 Å². The van der Waals surface area contributed by atoms with E-state index in [0.29, 0.717) is 6.61 Å². The normalized spacial score (nSPS) is 16.9. The van der Waals surface area contributed by atoms with E-state index in [9.17, 15) is 4.79 Å². The van der Waals surface area contributed by atoms with Crippen LogP contribution in [-0.2, 0) is 9.53 Å². The zero-order chi connectivity index (χ0) is 11.8. The number of methoxy groups -OCH3 is 1. The number of hydrogen-bond acceptors (Lipinski definition) is 3. The van der Waals surface area contributed by atoms with Crippen LogP contribution in [0.3, 0.4) is 0 Å². The molecule has 0 spiro atoms. The number of ether oxygens (including phenoxy) is 1. The third-order valence-corrected chi connectivity index (χ3v) is 2.77. The Balaban J connectivity index is 4.09. The van der Waals surface area contributed by atoms with Gasteiger partial charge in [-0.2, -0.15) is 0 Å². The Morgan fingerprint density at radius 3 is 2.40 bits per heavy atom. The number of carbonyl (C=O) groups is 1. The van der Waals surface area contributed by atoms with Gasteiger partial charge in [0.15, 0.2) is 0 Å². The van der Waals surface area contributed by atoms with Crippen molar-refractivity contribution in [3.05, 3.63) is 0 Å². The van der Waals surface area contributed by atoms with Crippen molar-refractivity contribution in [2.75, 3.05) is 13.7 Å². The smallest absolute Gasteiger partial charge is 0.237 e. The largest absolute Gasteiger partial charge is 0.383 e. The minimum absolute atomic E-state index is 0.0672. The molecule has 0 heterocycles. The first-order valence-corrected chi connectivity index (χ1v) is 5.61. The second kappa shape index (κ2) is 7.65. The molecular formula is C11H24N2O2. The minimum Gasteiger partial charge on any atom is -0.383 e. The molecule has 0 fully saturated rings. The molecule has 4 nitrogen and oxygen atoms in total. The number of rotatable bonds is 7. The van der Waals surface area contributed by atoms with Gasteiger partial charge in [-0.25, -0.2) is 0 Å². The van der Waals surface area contributed by atoms with E-state index in [1.807, 2.05) is 20.8 Å². The molecule has 0 saturated heterocycles. The average molecular weight is 216 g/mol. The van der Waals surface area contributed by atoms with Crippen LogP contribution < -0.4 is 11.1 Å².